The van der Waals surface area contributed by atoms with E-state index in [2.05, 4.69) is 4.98 Å². The van der Waals surface area contributed by atoms with Crippen molar-refractivity contribution < 1.29 is 13.6 Å². The highest BCUT2D eigenvalue weighted by Gasteiger charge is 2.16. The number of benzene rings is 2. The van der Waals surface area contributed by atoms with E-state index < -0.39 is 5.82 Å². The van der Waals surface area contributed by atoms with E-state index in [-0.39, 0.29) is 35.3 Å². The van der Waals surface area contributed by atoms with Gasteiger partial charge in [0.15, 0.2) is 0 Å². The average Bonchev–Trinajstić information content (AvgIpc) is 3.06. The fourth-order valence-corrected chi connectivity index (χ4v) is 3.48. The second-order valence-corrected chi connectivity index (χ2v) is 7.05. The first-order valence-corrected chi connectivity index (χ1v) is 9.07. The van der Waals surface area contributed by atoms with E-state index in [4.69, 9.17) is 11.6 Å². The molecule has 7 heteroatoms. The van der Waals surface area contributed by atoms with Crippen LogP contribution in [0.25, 0.3) is 10.6 Å². The van der Waals surface area contributed by atoms with Crippen LogP contribution in [0.4, 0.5) is 8.78 Å². The van der Waals surface area contributed by atoms with Gasteiger partial charge in [-0.25, -0.2) is 13.8 Å². The molecule has 1 heterocycles. The van der Waals surface area contributed by atoms with Gasteiger partial charge in [-0.2, -0.15) is 0 Å². The Bertz CT molecular complexity index is 925. The summed E-state index contributed by atoms with van der Waals surface area (Å²) in [4.78, 5) is 18.2. The molecule has 1 aromatic heterocycles. The topological polar surface area (TPSA) is 33.2 Å². The number of hydrogen-bond acceptors (Lipinski definition) is 3. The molecule has 0 aliphatic rings. The number of halogens is 3. The van der Waals surface area contributed by atoms with Crippen LogP contribution in [0.5, 0.6) is 0 Å². The molecular formula is C19H15ClF2N2OS. The van der Waals surface area contributed by atoms with Gasteiger partial charge in [-0.05, 0) is 24.3 Å². The maximum Gasteiger partial charge on any atom is 0.228 e. The van der Waals surface area contributed by atoms with Gasteiger partial charge in [-0.1, -0.05) is 29.8 Å². The number of hydrogen-bond donors (Lipinski definition) is 0. The lowest BCUT2D eigenvalue weighted by atomic mass is 10.2. The van der Waals surface area contributed by atoms with Gasteiger partial charge in [0.1, 0.15) is 16.6 Å². The van der Waals surface area contributed by atoms with Gasteiger partial charge in [-0.3, -0.25) is 4.79 Å². The summed E-state index contributed by atoms with van der Waals surface area (Å²) in [6.07, 6.45) is 0.0778. The summed E-state index contributed by atoms with van der Waals surface area (Å²) in [5.74, 6) is -0.989. The Morgan fingerprint density at radius 3 is 2.73 bits per heavy atom. The highest BCUT2D eigenvalue weighted by molar-refractivity contribution is 7.13. The van der Waals surface area contributed by atoms with Crippen molar-refractivity contribution in [1.29, 1.82) is 0 Å². The van der Waals surface area contributed by atoms with Crippen molar-refractivity contribution >= 4 is 28.8 Å². The number of amides is 1. The maximum absolute atomic E-state index is 13.9. The Hall–Kier alpha value is -2.31. The molecule has 26 heavy (non-hydrogen) atoms. The number of likely N-dealkylation sites (N-methyl/N-ethyl adjacent to an activating group) is 1. The first-order valence-electron chi connectivity index (χ1n) is 7.81. The van der Waals surface area contributed by atoms with E-state index >= 15 is 0 Å². The average molecular weight is 393 g/mol. The van der Waals surface area contributed by atoms with Crippen LogP contribution in [-0.4, -0.2) is 22.8 Å². The van der Waals surface area contributed by atoms with Crippen LogP contribution in [0.15, 0.2) is 47.8 Å². The lowest BCUT2D eigenvalue weighted by molar-refractivity contribution is -0.129. The van der Waals surface area contributed by atoms with Crippen LogP contribution in [0, 0.1) is 11.6 Å². The molecule has 0 unspecified atom stereocenters. The molecule has 0 radical (unpaired) electrons. The summed E-state index contributed by atoms with van der Waals surface area (Å²) >= 11 is 7.35. The van der Waals surface area contributed by atoms with E-state index in [9.17, 15) is 13.6 Å². The first kappa shape index (κ1) is 18.5. The number of nitrogens with zero attached hydrogens (tertiary/aromatic N) is 2. The van der Waals surface area contributed by atoms with Gasteiger partial charge < -0.3 is 4.90 Å². The number of thiazole rings is 1. The minimum Gasteiger partial charge on any atom is -0.341 e. The lowest BCUT2D eigenvalue weighted by Gasteiger charge is -2.18. The zero-order valence-electron chi connectivity index (χ0n) is 13.9. The molecule has 0 bridgehead atoms. The molecule has 0 saturated heterocycles. The highest BCUT2D eigenvalue weighted by Crippen LogP contribution is 2.25. The summed E-state index contributed by atoms with van der Waals surface area (Å²) < 4.78 is 27.2. The molecule has 2 aromatic carbocycles. The van der Waals surface area contributed by atoms with Crippen molar-refractivity contribution in [3.8, 4) is 10.6 Å². The van der Waals surface area contributed by atoms with Gasteiger partial charge in [0, 0.05) is 35.1 Å². The molecule has 0 atom stereocenters. The summed E-state index contributed by atoms with van der Waals surface area (Å²) in [5, 5.41) is 2.70. The molecule has 0 fully saturated rings. The van der Waals surface area contributed by atoms with Gasteiger partial charge in [0.2, 0.25) is 5.91 Å². The number of rotatable bonds is 5. The predicted octanol–water partition coefficient (Wildman–Crippen LogP) is 4.94. The quantitative estimate of drug-likeness (QED) is 0.616. The van der Waals surface area contributed by atoms with Gasteiger partial charge in [0.05, 0.1) is 12.1 Å². The van der Waals surface area contributed by atoms with Crippen LogP contribution in [0.2, 0.25) is 5.02 Å². The molecule has 0 aliphatic carbocycles. The summed E-state index contributed by atoms with van der Waals surface area (Å²) in [7, 11) is 1.59. The fraction of sp³-hybridized carbons (Fsp3) is 0.158. The van der Waals surface area contributed by atoms with E-state index in [1.807, 2.05) is 0 Å². The van der Waals surface area contributed by atoms with Crippen molar-refractivity contribution in [2.45, 2.75) is 13.0 Å². The molecule has 0 N–H and O–H groups in total. The molecule has 3 nitrogen and oxygen atoms in total. The SMILES string of the molecule is CN(Cc1c(F)cccc1Cl)C(=O)Cc1csc(-c2cccc(F)c2)n1. The first-order chi connectivity index (χ1) is 12.4. The second kappa shape index (κ2) is 7.93. The predicted molar refractivity (Wildman–Crippen MR) is 99.1 cm³/mol. The minimum atomic E-state index is -0.445. The standard InChI is InChI=1S/C19H15ClF2N2OS/c1-24(10-15-16(20)6-3-7-17(15)22)18(25)9-14-11-26-19(23-14)12-4-2-5-13(21)8-12/h2-8,11H,9-10H2,1H3. The van der Waals surface area contributed by atoms with E-state index in [0.29, 0.717) is 16.3 Å². The van der Waals surface area contributed by atoms with E-state index in [0.717, 1.165) is 0 Å². The van der Waals surface area contributed by atoms with Crippen LogP contribution in [-0.2, 0) is 17.8 Å². The van der Waals surface area contributed by atoms with Crippen molar-refractivity contribution in [3.05, 3.63) is 75.8 Å². The van der Waals surface area contributed by atoms with Crippen molar-refractivity contribution in [2.75, 3.05) is 7.05 Å². The van der Waals surface area contributed by atoms with Gasteiger partial charge >= 0.3 is 0 Å². The Balaban J connectivity index is 1.68. The smallest absolute Gasteiger partial charge is 0.228 e. The zero-order chi connectivity index (χ0) is 18.7. The Kier molecular flexibility index (Phi) is 5.64. The number of carbonyl (C=O) groups is 1. The van der Waals surface area contributed by atoms with Crippen molar-refractivity contribution in [3.63, 3.8) is 0 Å². The second-order valence-electron chi connectivity index (χ2n) is 5.78. The molecule has 0 spiro atoms. The fourth-order valence-electron chi connectivity index (χ4n) is 2.44. The monoisotopic (exact) mass is 392 g/mol. The largest absolute Gasteiger partial charge is 0.341 e. The Labute approximate surface area is 158 Å². The summed E-state index contributed by atoms with van der Waals surface area (Å²) in [6, 6.07) is 10.6. The number of carbonyl (C=O) groups excluding carboxylic acids is 1. The van der Waals surface area contributed by atoms with E-state index in [1.54, 1.807) is 30.6 Å². The lowest BCUT2D eigenvalue weighted by Crippen LogP contribution is -2.28. The van der Waals surface area contributed by atoms with E-state index in [1.165, 1.54) is 40.5 Å². The summed E-state index contributed by atoms with van der Waals surface area (Å²) in [5.41, 5.74) is 1.54. The summed E-state index contributed by atoms with van der Waals surface area (Å²) in [6.45, 7) is 0.0746. The molecular weight excluding hydrogens is 378 g/mol. The highest BCUT2D eigenvalue weighted by atomic mass is 35.5. The minimum absolute atomic E-state index is 0.0746. The third kappa shape index (κ3) is 4.26. The molecule has 3 aromatic rings. The van der Waals surface area contributed by atoms with Crippen LogP contribution in [0.1, 0.15) is 11.3 Å². The van der Waals surface area contributed by atoms with Gasteiger partial charge in [-0.15, -0.1) is 11.3 Å². The molecule has 3 rings (SSSR count). The third-order valence-electron chi connectivity index (χ3n) is 3.84. The van der Waals surface area contributed by atoms with Crippen LogP contribution < -0.4 is 0 Å². The molecule has 0 aliphatic heterocycles. The third-order valence-corrected chi connectivity index (χ3v) is 5.13. The Morgan fingerprint density at radius 2 is 2.00 bits per heavy atom. The van der Waals surface area contributed by atoms with Crippen LogP contribution in [0.3, 0.4) is 0 Å². The maximum atomic E-state index is 13.9. The van der Waals surface area contributed by atoms with Crippen molar-refractivity contribution in [1.82, 2.24) is 9.88 Å². The van der Waals surface area contributed by atoms with Gasteiger partial charge in [0.25, 0.3) is 0 Å². The van der Waals surface area contributed by atoms with Crippen molar-refractivity contribution in [2.24, 2.45) is 0 Å². The van der Waals surface area contributed by atoms with Crippen LogP contribution >= 0.6 is 22.9 Å². The normalized spacial score (nSPS) is 10.8. The molecule has 1 amide bonds. The number of aromatic nitrogens is 1. The molecule has 0 saturated carbocycles. The molecule has 134 valence electrons. The Morgan fingerprint density at radius 1 is 1.23 bits per heavy atom. The zero-order valence-corrected chi connectivity index (χ0v) is 15.5.